The van der Waals surface area contributed by atoms with Crippen molar-refractivity contribution in [1.29, 1.82) is 0 Å². The van der Waals surface area contributed by atoms with Crippen molar-refractivity contribution in [3.8, 4) is 11.5 Å². The summed E-state index contributed by atoms with van der Waals surface area (Å²) in [4.78, 5) is 0. The van der Waals surface area contributed by atoms with Gasteiger partial charge < -0.3 is 9.47 Å². The molecule has 0 spiro atoms. The maximum absolute atomic E-state index is 11.3. The monoisotopic (exact) mass is 231 g/mol. The first-order chi connectivity index (χ1) is 8.19. The van der Waals surface area contributed by atoms with Gasteiger partial charge >= 0.3 is 0 Å². The van der Waals surface area contributed by atoms with Crippen molar-refractivity contribution < 1.29 is 14.6 Å². The van der Waals surface area contributed by atoms with Gasteiger partial charge in [-0.2, -0.15) is 0 Å². The number of fused-ring (bicyclic) bond motifs is 1. The quantitative estimate of drug-likeness (QED) is 0.752. The number of ether oxygens (including phenoxy) is 2. The second-order valence-electron chi connectivity index (χ2n) is 3.81. The summed E-state index contributed by atoms with van der Waals surface area (Å²) < 4.78 is 10.9. The first-order valence-electron chi connectivity index (χ1n) is 5.68. The predicted molar refractivity (Wildman–Crippen MR) is 65.8 cm³/mol. The van der Waals surface area contributed by atoms with Gasteiger partial charge in [0.25, 0.3) is 0 Å². The van der Waals surface area contributed by atoms with Gasteiger partial charge in [0.2, 0.25) is 0 Å². The number of hydrogen-bond acceptors (Lipinski definition) is 2. The molecule has 0 fully saturated rings. The topological polar surface area (TPSA) is 38.4 Å². The Labute approximate surface area is 101 Å². The fraction of sp³-hybridized carbons (Fsp3) is 0.286. The van der Waals surface area contributed by atoms with E-state index in [0.717, 1.165) is 10.8 Å². The first kappa shape index (κ1) is 11.7. The SMILES string of the molecule is CCOC(C)Oc1ccc2ccc([O])cc2c1. The van der Waals surface area contributed by atoms with Crippen LogP contribution in [-0.2, 0) is 9.84 Å². The van der Waals surface area contributed by atoms with Gasteiger partial charge in [0, 0.05) is 6.61 Å². The maximum Gasteiger partial charge on any atom is 0.196 e. The number of benzene rings is 2. The van der Waals surface area contributed by atoms with E-state index in [1.54, 1.807) is 12.1 Å². The molecule has 1 atom stereocenters. The minimum absolute atomic E-state index is 0.00695. The molecule has 2 aromatic rings. The van der Waals surface area contributed by atoms with Gasteiger partial charge in [-0.15, -0.1) is 0 Å². The van der Waals surface area contributed by atoms with Gasteiger partial charge in [-0.3, -0.25) is 5.11 Å². The summed E-state index contributed by atoms with van der Waals surface area (Å²) >= 11 is 0. The fourth-order valence-corrected chi connectivity index (χ4v) is 1.74. The molecule has 0 N–H and O–H groups in total. The first-order valence-corrected chi connectivity index (χ1v) is 5.68. The van der Waals surface area contributed by atoms with E-state index in [9.17, 15) is 5.11 Å². The van der Waals surface area contributed by atoms with Crippen molar-refractivity contribution in [2.75, 3.05) is 6.61 Å². The van der Waals surface area contributed by atoms with E-state index in [-0.39, 0.29) is 12.0 Å². The summed E-state index contributed by atoms with van der Waals surface area (Å²) in [7, 11) is 0. The van der Waals surface area contributed by atoms with Gasteiger partial charge in [0.1, 0.15) is 5.75 Å². The lowest BCUT2D eigenvalue weighted by Gasteiger charge is -2.14. The lowest BCUT2D eigenvalue weighted by molar-refractivity contribution is -0.0612. The molecule has 0 aliphatic heterocycles. The lowest BCUT2D eigenvalue weighted by Crippen LogP contribution is -2.15. The van der Waals surface area contributed by atoms with Crippen LogP contribution < -0.4 is 4.74 Å². The third-order valence-electron chi connectivity index (χ3n) is 2.49. The Hall–Kier alpha value is -1.74. The third kappa shape index (κ3) is 2.88. The Bertz CT molecular complexity index is 508. The number of rotatable bonds is 4. The zero-order valence-corrected chi connectivity index (χ0v) is 9.97. The van der Waals surface area contributed by atoms with Crippen LogP contribution in [-0.4, -0.2) is 12.9 Å². The van der Waals surface area contributed by atoms with Gasteiger partial charge in [-0.05, 0) is 48.9 Å². The minimum atomic E-state index is -0.284. The molecule has 89 valence electrons. The smallest absolute Gasteiger partial charge is 0.196 e. The summed E-state index contributed by atoms with van der Waals surface area (Å²) in [6.45, 7) is 4.38. The van der Waals surface area contributed by atoms with Gasteiger partial charge in [0.05, 0.1) is 0 Å². The minimum Gasteiger partial charge on any atom is -0.465 e. The average Bonchev–Trinajstić information content (AvgIpc) is 2.28. The van der Waals surface area contributed by atoms with E-state index in [0.29, 0.717) is 12.4 Å². The summed E-state index contributed by atoms with van der Waals surface area (Å²) in [6.07, 6.45) is -0.284. The molecule has 17 heavy (non-hydrogen) atoms. The Kier molecular flexibility index (Phi) is 3.49. The van der Waals surface area contributed by atoms with Crippen LogP contribution in [0.3, 0.4) is 0 Å². The molecule has 3 heteroatoms. The summed E-state index contributed by atoms with van der Waals surface area (Å²) in [6, 6.07) is 10.6. The van der Waals surface area contributed by atoms with Gasteiger partial charge in [-0.1, -0.05) is 12.1 Å². The van der Waals surface area contributed by atoms with E-state index in [2.05, 4.69) is 0 Å². The molecule has 2 rings (SSSR count). The summed E-state index contributed by atoms with van der Waals surface area (Å²) in [5, 5.41) is 13.2. The fourth-order valence-electron chi connectivity index (χ4n) is 1.74. The van der Waals surface area contributed by atoms with Crippen molar-refractivity contribution in [2.24, 2.45) is 0 Å². The van der Waals surface area contributed by atoms with Crippen LogP contribution in [0.4, 0.5) is 0 Å². The van der Waals surface area contributed by atoms with Crippen molar-refractivity contribution in [3.63, 3.8) is 0 Å². The van der Waals surface area contributed by atoms with Crippen molar-refractivity contribution in [1.82, 2.24) is 0 Å². The van der Waals surface area contributed by atoms with Crippen molar-refractivity contribution in [2.45, 2.75) is 20.1 Å². The molecule has 0 aromatic heterocycles. The molecule has 3 nitrogen and oxygen atoms in total. The standard InChI is InChI=1S/C14H15O3/c1-3-16-10(2)17-14-7-5-11-4-6-13(15)8-12(11)9-14/h4-10H,3H2,1-2H3. The molecule has 2 aromatic carbocycles. The highest BCUT2D eigenvalue weighted by Crippen LogP contribution is 2.25. The Morgan fingerprint density at radius 1 is 1.12 bits per heavy atom. The third-order valence-corrected chi connectivity index (χ3v) is 2.49. The molecule has 0 saturated carbocycles. The molecule has 0 amide bonds. The zero-order valence-electron chi connectivity index (χ0n) is 9.97. The average molecular weight is 231 g/mol. The van der Waals surface area contributed by atoms with Crippen LogP contribution in [0.2, 0.25) is 0 Å². The Morgan fingerprint density at radius 3 is 2.65 bits per heavy atom. The van der Waals surface area contributed by atoms with Crippen LogP contribution in [0.5, 0.6) is 11.5 Å². The molecular formula is C14H15O3. The highest BCUT2D eigenvalue weighted by atomic mass is 16.7. The molecule has 1 unspecified atom stereocenters. The van der Waals surface area contributed by atoms with Crippen molar-refractivity contribution in [3.05, 3.63) is 36.4 Å². The zero-order chi connectivity index (χ0) is 12.3. The van der Waals surface area contributed by atoms with E-state index < -0.39 is 0 Å². The van der Waals surface area contributed by atoms with Crippen LogP contribution in [0, 0.1) is 0 Å². The second kappa shape index (κ2) is 5.06. The maximum atomic E-state index is 11.3. The molecular weight excluding hydrogens is 216 g/mol. The van der Waals surface area contributed by atoms with Crippen LogP contribution in [0.1, 0.15) is 13.8 Å². The molecule has 0 aliphatic rings. The predicted octanol–water partition coefficient (Wildman–Crippen LogP) is 3.74. The molecule has 0 heterocycles. The Morgan fingerprint density at radius 2 is 1.88 bits per heavy atom. The van der Waals surface area contributed by atoms with Crippen LogP contribution in [0.15, 0.2) is 36.4 Å². The van der Waals surface area contributed by atoms with E-state index in [1.165, 1.54) is 0 Å². The Balaban J connectivity index is 2.24. The van der Waals surface area contributed by atoms with E-state index in [4.69, 9.17) is 9.47 Å². The molecule has 0 saturated heterocycles. The van der Waals surface area contributed by atoms with E-state index >= 15 is 0 Å². The van der Waals surface area contributed by atoms with Crippen LogP contribution in [0.25, 0.3) is 10.8 Å². The highest BCUT2D eigenvalue weighted by Gasteiger charge is 2.04. The van der Waals surface area contributed by atoms with Crippen molar-refractivity contribution >= 4 is 10.8 Å². The normalized spacial score (nSPS) is 12.6. The van der Waals surface area contributed by atoms with E-state index in [1.807, 2.05) is 38.1 Å². The lowest BCUT2D eigenvalue weighted by atomic mass is 10.1. The molecule has 1 radical (unpaired) electrons. The van der Waals surface area contributed by atoms with Crippen LogP contribution >= 0.6 is 0 Å². The largest absolute Gasteiger partial charge is 0.465 e. The summed E-state index contributed by atoms with van der Waals surface area (Å²) in [5.74, 6) is 0.719. The molecule has 0 bridgehead atoms. The van der Waals surface area contributed by atoms with Gasteiger partial charge in [-0.25, -0.2) is 0 Å². The number of hydrogen-bond donors (Lipinski definition) is 0. The molecule has 0 aliphatic carbocycles. The second-order valence-corrected chi connectivity index (χ2v) is 3.81. The van der Waals surface area contributed by atoms with Gasteiger partial charge in [0.15, 0.2) is 12.0 Å². The summed E-state index contributed by atoms with van der Waals surface area (Å²) in [5.41, 5.74) is 0. The highest BCUT2D eigenvalue weighted by molar-refractivity contribution is 5.85.